The van der Waals surface area contributed by atoms with Crippen molar-refractivity contribution in [3.63, 3.8) is 0 Å². The molecule has 0 radical (unpaired) electrons. The van der Waals surface area contributed by atoms with E-state index in [2.05, 4.69) is 215 Å². The van der Waals surface area contributed by atoms with Crippen molar-refractivity contribution in [2.45, 2.75) is 0 Å². The lowest BCUT2D eigenvalue weighted by Gasteiger charge is -2.35. The molecule has 4 nitrogen and oxygen atoms in total. The third-order valence-corrected chi connectivity index (χ3v) is 17.2. The molecule has 60 heavy (non-hydrogen) atoms. The summed E-state index contributed by atoms with van der Waals surface area (Å²) in [6, 6.07) is 78.8. The van der Waals surface area contributed by atoms with Crippen molar-refractivity contribution in [1.82, 2.24) is 9.13 Å². The Labute approximate surface area is 347 Å². The third kappa shape index (κ3) is 4.89. The zero-order valence-corrected chi connectivity index (χ0v) is 33.5. The zero-order chi connectivity index (χ0) is 39.8. The van der Waals surface area contributed by atoms with E-state index in [1.807, 2.05) is 12.1 Å². The number of furan rings is 1. The van der Waals surface area contributed by atoms with Crippen LogP contribution in [-0.2, 0) is 0 Å². The molecule has 0 aliphatic heterocycles. The fourth-order valence-corrected chi connectivity index (χ4v) is 14.8. The minimum absolute atomic E-state index is 0.626. The van der Waals surface area contributed by atoms with Gasteiger partial charge in [-0.25, -0.2) is 0 Å². The molecule has 9 aromatic carbocycles. The molecule has 0 amide bonds. The van der Waals surface area contributed by atoms with Gasteiger partial charge in [0.1, 0.15) is 11.2 Å². The van der Waals surface area contributed by atoms with Gasteiger partial charge in [-0.05, 0) is 87.5 Å². The summed E-state index contributed by atoms with van der Waals surface area (Å²) in [5, 5.41) is 22.6. The number of rotatable bonds is 6. The first kappa shape index (κ1) is 34.2. The van der Waals surface area contributed by atoms with Crippen LogP contribution in [0.5, 0.6) is 0 Å². The number of para-hydroxylation sites is 4. The van der Waals surface area contributed by atoms with E-state index in [-0.39, 0.29) is 0 Å². The number of benzene rings is 9. The second kappa shape index (κ2) is 13.3. The number of hydrogen-bond donors (Lipinski definition) is 0. The molecule has 0 fully saturated rings. The first-order valence-corrected chi connectivity index (χ1v) is 22.3. The van der Waals surface area contributed by atoms with E-state index in [0.29, 0.717) is 5.56 Å². The van der Waals surface area contributed by atoms with E-state index in [1.54, 1.807) is 0 Å². The van der Waals surface area contributed by atoms with Gasteiger partial charge >= 0.3 is 0 Å². The van der Waals surface area contributed by atoms with Crippen molar-refractivity contribution < 1.29 is 4.42 Å². The predicted octanol–water partition coefficient (Wildman–Crippen LogP) is 11.0. The molecule has 0 saturated heterocycles. The smallest absolute Gasteiger partial charge is 0.179 e. The Bertz CT molecular complexity index is 3590. The summed E-state index contributed by atoms with van der Waals surface area (Å²) < 4.78 is 11.2. The molecule has 280 valence electrons. The highest BCUT2D eigenvalue weighted by atomic mass is 28.3. The van der Waals surface area contributed by atoms with Gasteiger partial charge in [0.2, 0.25) is 0 Å². The van der Waals surface area contributed by atoms with Crippen LogP contribution in [0.4, 0.5) is 0 Å². The number of fused-ring (bicyclic) bond motifs is 10. The molecule has 0 atom stereocenters. The monoisotopic (exact) mass is 781 g/mol. The van der Waals surface area contributed by atoms with Gasteiger partial charge in [0.15, 0.2) is 8.07 Å². The van der Waals surface area contributed by atoms with Crippen molar-refractivity contribution in [3.8, 4) is 17.4 Å². The van der Waals surface area contributed by atoms with E-state index in [4.69, 9.17) is 4.42 Å². The van der Waals surface area contributed by atoms with Gasteiger partial charge in [-0.2, -0.15) is 5.26 Å². The summed E-state index contributed by atoms with van der Waals surface area (Å²) in [6.07, 6.45) is 0. The second-order valence-electron chi connectivity index (χ2n) is 15.6. The zero-order valence-electron chi connectivity index (χ0n) is 32.5. The maximum Gasteiger partial charge on any atom is 0.179 e. The highest BCUT2D eigenvalue weighted by molar-refractivity contribution is 7.20. The van der Waals surface area contributed by atoms with Crippen LogP contribution in [0.2, 0.25) is 0 Å². The number of nitrogens with zero attached hydrogens (tertiary/aromatic N) is 3. The number of aromatic nitrogens is 2. The van der Waals surface area contributed by atoms with Crippen LogP contribution in [0, 0.1) is 11.3 Å². The Kier molecular flexibility index (Phi) is 7.58. The predicted molar refractivity (Wildman–Crippen MR) is 251 cm³/mol. The molecular weight excluding hydrogens is 747 g/mol. The van der Waals surface area contributed by atoms with Crippen LogP contribution >= 0.6 is 0 Å². The van der Waals surface area contributed by atoms with E-state index < -0.39 is 8.07 Å². The lowest BCUT2D eigenvalue weighted by molar-refractivity contribution is 0.669. The van der Waals surface area contributed by atoms with Crippen LogP contribution in [-0.4, -0.2) is 17.2 Å². The minimum Gasteiger partial charge on any atom is -0.456 e. The van der Waals surface area contributed by atoms with Gasteiger partial charge < -0.3 is 13.6 Å². The quantitative estimate of drug-likeness (QED) is 0.125. The fourth-order valence-electron chi connectivity index (χ4n) is 10.0. The van der Waals surface area contributed by atoms with E-state index >= 15 is 0 Å². The maximum absolute atomic E-state index is 10.8. The second-order valence-corrected chi connectivity index (χ2v) is 19.4. The molecule has 12 aromatic rings. The molecule has 5 heteroatoms. The summed E-state index contributed by atoms with van der Waals surface area (Å²) in [6.45, 7) is 0. The number of hydrogen-bond acceptors (Lipinski definition) is 2. The summed E-state index contributed by atoms with van der Waals surface area (Å²) in [7, 11) is -3.19. The van der Waals surface area contributed by atoms with Crippen molar-refractivity contribution in [3.05, 3.63) is 218 Å². The van der Waals surface area contributed by atoms with E-state index in [0.717, 1.165) is 60.6 Å². The molecular formula is C55H35N3OSi. The highest BCUT2D eigenvalue weighted by Gasteiger charge is 2.42. The van der Waals surface area contributed by atoms with Crippen LogP contribution in [0.3, 0.4) is 0 Å². The Balaban J connectivity index is 1.20. The summed E-state index contributed by atoms with van der Waals surface area (Å²) >= 11 is 0. The lowest BCUT2D eigenvalue weighted by atomic mass is 10.1. The molecule has 0 unspecified atom stereocenters. The average Bonchev–Trinajstić information content (AvgIpc) is 3.98. The minimum atomic E-state index is -3.19. The Morgan fingerprint density at radius 3 is 1.57 bits per heavy atom. The molecule has 0 aliphatic rings. The van der Waals surface area contributed by atoms with E-state index in [1.165, 1.54) is 37.1 Å². The molecule has 0 aliphatic carbocycles. The molecule has 0 bridgehead atoms. The Morgan fingerprint density at radius 1 is 0.383 bits per heavy atom. The summed E-state index contributed by atoms with van der Waals surface area (Å²) in [5.41, 5.74) is 8.89. The highest BCUT2D eigenvalue weighted by Crippen LogP contribution is 2.41. The molecule has 0 N–H and O–H groups in total. The first-order chi connectivity index (χ1) is 29.7. The van der Waals surface area contributed by atoms with Gasteiger partial charge in [0.05, 0.1) is 39.1 Å². The summed E-state index contributed by atoms with van der Waals surface area (Å²) in [4.78, 5) is 0. The van der Waals surface area contributed by atoms with Gasteiger partial charge in [0.25, 0.3) is 0 Å². The molecule has 3 heterocycles. The maximum atomic E-state index is 10.8. The van der Waals surface area contributed by atoms with Gasteiger partial charge in [-0.3, -0.25) is 0 Å². The van der Waals surface area contributed by atoms with Gasteiger partial charge in [0, 0.05) is 38.3 Å². The van der Waals surface area contributed by atoms with Crippen molar-refractivity contribution in [2.75, 3.05) is 0 Å². The topological polar surface area (TPSA) is 46.8 Å². The largest absolute Gasteiger partial charge is 0.456 e. The van der Waals surface area contributed by atoms with E-state index in [9.17, 15) is 5.26 Å². The third-order valence-electron chi connectivity index (χ3n) is 12.4. The fraction of sp³-hybridized carbons (Fsp3) is 0. The van der Waals surface area contributed by atoms with Crippen LogP contribution in [0.25, 0.3) is 76.9 Å². The van der Waals surface area contributed by atoms with Crippen LogP contribution < -0.4 is 20.7 Å². The normalized spacial score (nSPS) is 12.0. The van der Waals surface area contributed by atoms with Gasteiger partial charge in [-0.15, -0.1) is 0 Å². The molecule has 12 rings (SSSR count). The lowest BCUT2D eigenvalue weighted by Crippen LogP contribution is -2.74. The average molecular weight is 782 g/mol. The van der Waals surface area contributed by atoms with Crippen LogP contribution in [0.1, 0.15) is 5.56 Å². The molecule has 3 aromatic heterocycles. The Hall–Kier alpha value is -7.91. The molecule has 0 spiro atoms. The molecule has 0 saturated carbocycles. The standard InChI is InChI=1S/C55H35N3OSi/c56-36-37-32-39(57-49-26-11-7-22-44(49)45-23-8-12-27-50(45)57)35-43(33-37)60(40-17-3-1-4-18-40,41-19-5-2-6-20-41)42-21-15-16-38(34-42)58-51-28-13-9-24-46(51)47-30-31-53-54(55(47)58)48-25-10-14-29-52(48)59-53/h1-35H. The SMILES string of the molecule is N#Cc1cc(-n2c3ccccc3c3ccccc32)cc([Si](c2ccccc2)(c2ccccc2)c2cccc(-n3c4ccccc4c4ccc5oc6ccccc6c5c43)c2)c1. The number of nitriles is 1. The van der Waals surface area contributed by atoms with Crippen molar-refractivity contribution in [2.24, 2.45) is 0 Å². The summed E-state index contributed by atoms with van der Waals surface area (Å²) in [5.74, 6) is 0. The van der Waals surface area contributed by atoms with Crippen molar-refractivity contribution >= 4 is 94.4 Å². The van der Waals surface area contributed by atoms with Crippen LogP contribution in [0.15, 0.2) is 217 Å². The van der Waals surface area contributed by atoms with Gasteiger partial charge in [-0.1, -0.05) is 146 Å². The first-order valence-electron chi connectivity index (χ1n) is 20.3. The van der Waals surface area contributed by atoms with Crippen molar-refractivity contribution in [1.29, 1.82) is 5.26 Å². The Morgan fingerprint density at radius 2 is 0.917 bits per heavy atom.